The van der Waals surface area contributed by atoms with E-state index in [9.17, 15) is 12.3 Å². The van der Waals surface area contributed by atoms with Crippen molar-refractivity contribution in [3.63, 3.8) is 0 Å². The Hall–Kier alpha value is -1.44. The van der Waals surface area contributed by atoms with Gasteiger partial charge in [-0.1, -0.05) is 9.00 Å². The number of rotatable bonds is 4. The van der Waals surface area contributed by atoms with Gasteiger partial charge in [-0.25, -0.2) is 0 Å². The van der Waals surface area contributed by atoms with Gasteiger partial charge in [0, 0.05) is 15.4 Å². The average Bonchev–Trinajstić information content (AvgIpc) is 2.20. The zero-order valence-corrected chi connectivity index (χ0v) is 10.4. The Bertz CT molecular complexity index is 582. The summed E-state index contributed by atoms with van der Waals surface area (Å²) in [5, 5.41) is 3.30. The number of hydrogen-bond donors (Lipinski definition) is 1. The van der Waals surface area contributed by atoms with E-state index in [0.29, 0.717) is 16.0 Å². The van der Waals surface area contributed by atoms with Gasteiger partial charge in [0.1, 0.15) is 5.75 Å². The molecule has 0 amide bonds. The molecule has 0 aliphatic heterocycles. The molecule has 9 heteroatoms. The van der Waals surface area contributed by atoms with Crippen LogP contribution in [0.15, 0.2) is 22.1 Å². The highest BCUT2D eigenvalue weighted by Crippen LogP contribution is 2.28. The molecule has 0 bridgehead atoms. The first-order valence-electron chi connectivity index (χ1n) is 4.31. The molecule has 0 aromatic heterocycles. The zero-order chi connectivity index (χ0) is 13.1. The second-order valence-electron chi connectivity index (χ2n) is 3.10. The number of thiol groups is 1. The monoisotopic (exact) mass is 277 g/mol. The molecule has 0 unspecified atom stereocenters. The van der Waals surface area contributed by atoms with E-state index in [-0.39, 0.29) is 12.3 Å². The van der Waals surface area contributed by atoms with Crippen LogP contribution in [0.4, 0.5) is 3.89 Å². The predicted molar refractivity (Wildman–Crippen MR) is 61.9 cm³/mol. The standard InChI is InChI=1S/C8H8FN3O3S2/c1-5-7(15-17(9,13)14)2-6(3-8(5)16)4-11-12-10/h2-3,16H,4H2,1H3. The lowest BCUT2D eigenvalue weighted by Gasteiger charge is -2.08. The van der Waals surface area contributed by atoms with Crippen LogP contribution in [0.1, 0.15) is 11.1 Å². The van der Waals surface area contributed by atoms with E-state index >= 15 is 0 Å². The third-order valence-electron chi connectivity index (χ3n) is 1.90. The molecular weight excluding hydrogens is 269 g/mol. The first-order valence-corrected chi connectivity index (χ1v) is 6.06. The lowest BCUT2D eigenvalue weighted by molar-refractivity contribution is 0.437. The van der Waals surface area contributed by atoms with E-state index in [1.54, 1.807) is 6.07 Å². The minimum absolute atomic E-state index is 0.00691. The minimum atomic E-state index is -5.09. The molecule has 0 aliphatic rings. The Morgan fingerprint density at radius 2 is 2.24 bits per heavy atom. The lowest BCUT2D eigenvalue weighted by atomic mass is 10.1. The molecule has 17 heavy (non-hydrogen) atoms. The largest absolute Gasteiger partial charge is 0.488 e. The fourth-order valence-corrected chi connectivity index (χ4v) is 1.79. The van der Waals surface area contributed by atoms with Gasteiger partial charge in [0.2, 0.25) is 0 Å². The topological polar surface area (TPSA) is 92.1 Å². The Balaban J connectivity index is 3.19. The van der Waals surface area contributed by atoms with Crippen LogP contribution in [0.2, 0.25) is 0 Å². The summed E-state index contributed by atoms with van der Waals surface area (Å²) < 4.78 is 37.4. The number of nitrogens with zero attached hydrogens (tertiary/aromatic N) is 3. The van der Waals surface area contributed by atoms with Crippen LogP contribution in [0, 0.1) is 6.92 Å². The van der Waals surface area contributed by atoms with Crippen LogP contribution in [0.25, 0.3) is 10.4 Å². The molecule has 0 saturated heterocycles. The van der Waals surface area contributed by atoms with Crippen LogP contribution in [0.3, 0.4) is 0 Å². The number of halogens is 1. The second kappa shape index (κ2) is 5.26. The first kappa shape index (κ1) is 13.6. The van der Waals surface area contributed by atoms with Crippen molar-refractivity contribution < 1.29 is 16.5 Å². The fourth-order valence-electron chi connectivity index (χ4n) is 1.13. The summed E-state index contributed by atoms with van der Waals surface area (Å²) in [5.74, 6) is -0.178. The zero-order valence-electron chi connectivity index (χ0n) is 8.66. The number of benzene rings is 1. The fraction of sp³-hybridized carbons (Fsp3) is 0.250. The van der Waals surface area contributed by atoms with Gasteiger partial charge in [-0.15, -0.1) is 12.6 Å². The number of azide groups is 1. The minimum Gasteiger partial charge on any atom is -0.358 e. The Morgan fingerprint density at radius 3 is 2.76 bits per heavy atom. The molecule has 6 nitrogen and oxygen atoms in total. The first-order chi connectivity index (χ1) is 7.83. The van der Waals surface area contributed by atoms with Gasteiger partial charge in [0.25, 0.3) is 0 Å². The van der Waals surface area contributed by atoms with Gasteiger partial charge in [0.15, 0.2) is 0 Å². The maximum absolute atomic E-state index is 12.4. The third kappa shape index (κ3) is 4.14. The molecule has 1 aromatic carbocycles. The van der Waals surface area contributed by atoms with E-state index in [4.69, 9.17) is 5.53 Å². The van der Waals surface area contributed by atoms with Gasteiger partial charge >= 0.3 is 10.5 Å². The average molecular weight is 277 g/mol. The molecule has 0 heterocycles. The maximum atomic E-state index is 12.4. The van der Waals surface area contributed by atoms with Crippen LogP contribution in [0.5, 0.6) is 5.75 Å². The Morgan fingerprint density at radius 1 is 1.59 bits per heavy atom. The number of hydrogen-bond acceptors (Lipinski definition) is 5. The Kier molecular flexibility index (Phi) is 4.22. The van der Waals surface area contributed by atoms with E-state index in [1.807, 2.05) is 0 Å². The molecule has 0 aliphatic carbocycles. The summed E-state index contributed by atoms with van der Waals surface area (Å²) in [6.07, 6.45) is 0. The maximum Gasteiger partial charge on any atom is 0.488 e. The molecule has 0 N–H and O–H groups in total. The molecular formula is C8H8FN3O3S2. The van der Waals surface area contributed by atoms with Crippen molar-refractivity contribution in [1.29, 1.82) is 0 Å². The van der Waals surface area contributed by atoms with E-state index in [1.165, 1.54) is 13.0 Å². The van der Waals surface area contributed by atoms with E-state index in [0.717, 1.165) is 0 Å². The summed E-state index contributed by atoms with van der Waals surface area (Å²) in [7, 11) is -5.09. The van der Waals surface area contributed by atoms with Gasteiger partial charge in [0.05, 0.1) is 6.54 Å². The molecule has 0 fully saturated rings. The van der Waals surface area contributed by atoms with Crippen molar-refractivity contribution in [2.24, 2.45) is 5.11 Å². The third-order valence-corrected chi connectivity index (χ3v) is 2.74. The van der Waals surface area contributed by atoms with Gasteiger partial charge in [-0.3, -0.25) is 0 Å². The quantitative estimate of drug-likeness (QED) is 0.301. The smallest absolute Gasteiger partial charge is 0.358 e. The van der Waals surface area contributed by atoms with Crippen LogP contribution < -0.4 is 4.18 Å². The summed E-state index contributed by atoms with van der Waals surface area (Å²) in [6.45, 7) is 1.52. The summed E-state index contributed by atoms with van der Waals surface area (Å²) in [6, 6.07) is 2.85. The van der Waals surface area contributed by atoms with Crippen LogP contribution >= 0.6 is 12.6 Å². The highest BCUT2D eigenvalue weighted by atomic mass is 32.3. The summed E-state index contributed by atoms with van der Waals surface area (Å²) in [5.41, 5.74) is 9.00. The molecule has 0 saturated carbocycles. The van der Waals surface area contributed by atoms with Crippen molar-refractivity contribution in [2.75, 3.05) is 0 Å². The van der Waals surface area contributed by atoms with Crippen molar-refractivity contribution in [2.45, 2.75) is 18.4 Å². The summed E-state index contributed by atoms with van der Waals surface area (Å²) in [4.78, 5) is 2.97. The highest BCUT2D eigenvalue weighted by molar-refractivity contribution is 7.81. The van der Waals surface area contributed by atoms with Crippen molar-refractivity contribution >= 4 is 23.1 Å². The van der Waals surface area contributed by atoms with Crippen molar-refractivity contribution in [3.05, 3.63) is 33.7 Å². The van der Waals surface area contributed by atoms with Crippen molar-refractivity contribution in [1.82, 2.24) is 0 Å². The predicted octanol–water partition coefficient (Wildman–Crippen LogP) is 2.69. The SMILES string of the molecule is Cc1c(S)cc(CN=[N+]=[N-])cc1OS(=O)(=O)F. The van der Waals surface area contributed by atoms with Gasteiger partial charge < -0.3 is 4.18 Å². The van der Waals surface area contributed by atoms with Crippen LogP contribution in [-0.2, 0) is 17.0 Å². The van der Waals surface area contributed by atoms with E-state index < -0.39 is 10.5 Å². The second-order valence-corrected chi connectivity index (χ2v) is 4.54. The molecule has 92 valence electrons. The van der Waals surface area contributed by atoms with Gasteiger partial charge in [-0.2, -0.15) is 8.42 Å². The lowest BCUT2D eigenvalue weighted by Crippen LogP contribution is -2.03. The summed E-state index contributed by atoms with van der Waals surface area (Å²) >= 11 is 4.08. The van der Waals surface area contributed by atoms with Gasteiger partial charge in [-0.05, 0) is 30.2 Å². The molecule has 0 radical (unpaired) electrons. The molecule has 1 rings (SSSR count). The highest BCUT2D eigenvalue weighted by Gasteiger charge is 2.14. The normalized spacial score (nSPS) is 10.8. The van der Waals surface area contributed by atoms with Crippen LogP contribution in [-0.4, -0.2) is 8.42 Å². The Labute approximate surface area is 103 Å². The molecule has 0 atom stereocenters. The van der Waals surface area contributed by atoms with Crippen molar-refractivity contribution in [3.8, 4) is 5.75 Å². The molecule has 1 aromatic rings. The molecule has 0 spiro atoms. The van der Waals surface area contributed by atoms with E-state index in [2.05, 4.69) is 26.8 Å².